The first-order valence-electron chi connectivity index (χ1n) is 11.5. The molecular weight excluding hydrogens is 454 g/mol. The number of halogens is 1. The summed E-state index contributed by atoms with van der Waals surface area (Å²) >= 11 is 6.31. The first-order valence-corrected chi connectivity index (χ1v) is 11.9. The van der Waals surface area contributed by atoms with E-state index in [9.17, 15) is 19.2 Å². The molecule has 0 saturated carbocycles. The number of benzene rings is 2. The molecule has 0 aromatic heterocycles. The lowest BCUT2D eigenvalue weighted by molar-refractivity contribution is -0.141. The van der Waals surface area contributed by atoms with Crippen molar-refractivity contribution in [2.75, 3.05) is 6.54 Å². The summed E-state index contributed by atoms with van der Waals surface area (Å²) in [5.74, 6) is -1.18. The van der Waals surface area contributed by atoms with Crippen molar-refractivity contribution in [3.63, 3.8) is 0 Å². The molecule has 34 heavy (non-hydrogen) atoms. The number of rotatable bonds is 10. The number of imide groups is 1. The monoisotopic (exact) mass is 483 g/mol. The third-order valence-corrected chi connectivity index (χ3v) is 6.49. The van der Waals surface area contributed by atoms with Crippen LogP contribution in [0, 0.1) is 0 Å². The van der Waals surface area contributed by atoms with E-state index >= 15 is 0 Å². The van der Waals surface area contributed by atoms with Crippen LogP contribution in [0.15, 0.2) is 48.5 Å². The summed E-state index contributed by atoms with van der Waals surface area (Å²) in [6.07, 6.45) is 1.15. The Morgan fingerprint density at radius 1 is 1.00 bits per heavy atom. The quantitative estimate of drug-likeness (QED) is 0.516. The summed E-state index contributed by atoms with van der Waals surface area (Å²) in [5, 5.41) is 3.44. The standard InChI is InChI=1S/C26H30ClN3O4/c1-4-17(2)28-24(32)18(3)30(16-19-10-5-8-13-22(19)27)23(31)14-9-15-29-25(33)20-11-6-7-12-21(20)26(29)34/h5-8,10-13,17-18H,4,9,14-16H2,1-3H3,(H,28,32)/t17-,18-/m0/s1. The number of nitrogens with one attached hydrogen (secondary N) is 1. The second-order valence-electron chi connectivity index (χ2n) is 8.52. The van der Waals surface area contributed by atoms with Gasteiger partial charge in [0, 0.05) is 30.6 Å². The summed E-state index contributed by atoms with van der Waals surface area (Å²) in [5.41, 5.74) is 1.50. The highest BCUT2D eigenvalue weighted by atomic mass is 35.5. The fourth-order valence-electron chi connectivity index (χ4n) is 3.83. The maximum Gasteiger partial charge on any atom is 0.261 e. The molecule has 0 aliphatic carbocycles. The maximum atomic E-state index is 13.2. The minimum atomic E-state index is -0.711. The molecule has 180 valence electrons. The van der Waals surface area contributed by atoms with Gasteiger partial charge in [0.25, 0.3) is 11.8 Å². The van der Waals surface area contributed by atoms with Crippen LogP contribution in [-0.2, 0) is 16.1 Å². The average Bonchev–Trinajstić information content (AvgIpc) is 3.07. The molecule has 1 aliphatic heterocycles. The number of nitrogens with zero attached hydrogens (tertiary/aromatic N) is 2. The fourth-order valence-corrected chi connectivity index (χ4v) is 4.03. The summed E-state index contributed by atoms with van der Waals surface area (Å²) in [6.45, 7) is 5.89. The van der Waals surface area contributed by atoms with Gasteiger partial charge >= 0.3 is 0 Å². The van der Waals surface area contributed by atoms with Crippen molar-refractivity contribution >= 4 is 35.2 Å². The lowest BCUT2D eigenvalue weighted by Crippen LogP contribution is -2.49. The van der Waals surface area contributed by atoms with Gasteiger partial charge in [-0.25, -0.2) is 0 Å². The van der Waals surface area contributed by atoms with Gasteiger partial charge in [-0.05, 0) is 50.5 Å². The second-order valence-corrected chi connectivity index (χ2v) is 8.93. The molecule has 2 aromatic carbocycles. The van der Waals surface area contributed by atoms with E-state index in [1.165, 1.54) is 9.80 Å². The number of fused-ring (bicyclic) bond motifs is 1. The number of hydrogen-bond acceptors (Lipinski definition) is 4. The third kappa shape index (κ3) is 5.65. The summed E-state index contributed by atoms with van der Waals surface area (Å²) in [4.78, 5) is 53.8. The largest absolute Gasteiger partial charge is 0.352 e. The van der Waals surface area contributed by atoms with E-state index in [0.717, 1.165) is 12.0 Å². The van der Waals surface area contributed by atoms with Crippen LogP contribution in [0.3, 0.4) is 0 Å². The van der Waals surface area contributed by atoms with Crippen LogP contribution in [0.5, 0.6) is 0 Å². The molecule has 4 amide bonds. The van der Waals surface area contributed by atoms with Crippen molar-refractivity contribution in [3.05, 3.63) is 70.2 Å². The molecule has 2 atom stereocenters. The van der Waals surface area contributed by atoms with Gasteiger partial charge in [0.05, 0.1) is 11.1 Å². The highest BCUT2D eigenvalue weighted by molar-refractivity contribution is 6.31. The van der Waals surface area contributed by atoms with Crippen molar-refractivity contribution in [3.8, 4) is 0 Å². The van der Waals surface area contributed by atoms with Crippen LogP contribution in [0.25, 0.3) is 0 Å². The van der Waals surface area contributed by atoms with Crippen LogP contribution in [-0.4, -0.2) is 52.1 Å². The number of hydrogen-bond donors (Lipinski definition) is 1. The normalized spacial score (nSPS) is 14.5. The molecule has 0 radical (unpaired) electrons. The van der Waals surface area contributed by atoms with Crippen LogP contribution >= 0.6 is 11.6 Å². The SMILES string of the molecule is CC[C@H](C)NC(=O)[C@H](C)N(Cc1ccccc1Cl)C(=O)CCCN1C(=O)c2ccccc2C1=O. The van der Waals surface area contributed by atoms with Crippen molar-refractivity contribution < 1.29 is 19.2 Å². The Hall–Kier alpha value is -3.19. The fraction of sp³-hybridized carbons (Fsp3) is 0.385. The molecule has 7 nitrogen and oxygen atoms in total. The van der Waals surface area contributed by atoms with Crippen molar-refractivity contribution in [1.29, 1.82) is 0 Å². The third-order valence-electron chi connectivity index (χ3n) is 6.12. The molecule has 0 fully saturated rings. The Morgan fingerprint density at radius 2 is 1.59 bits per heavy atom. The highest BCUT2D eigenvalue weighted by Crippen LogP contribution is 2.23. The lowest BCUT2D eigenvalue weighted by atomic mass is 10.1. The van der Waals surface area contributed by atoms with E-state index in [-0.39, 0.29) is 49.2 Å². The molecule has 0 bridgehead atoms. The van der Waals surface area contributed by atoms with E-state index in [4.69, 9.17) is 11.6 Å². The van der Waals surface area contributed by atoms with Crippen LogP contribution in [0.1, 0.15) is 66.3 Å². The molecule has 2 aromatic rings. The summed E-state index contributed by atoms with van der Waals surface area (Å²) in [6, 6.07) is 13.2. The zero-order valence-corrected chi connectivity index (χ0v) is 20.5. The minimum absolute atomic E-state index is 0.0129. The Morgan fingerprint density at radius 3 is 2.18 bits per heavy atom. The van der Waals surface area contributed by atoms with E-state index < -0.39 is 6.04 Å². The molecule has 3 rings (SSSR count). The Bertz CT molecular complexity index is 1050. The number of carbonyl (C=O) groups is 4. The Balaban J connectivity index is 1.68. The second kappa shape index (κ2) is 11.3. The smallest absolute Gasteiger partial charge is 0.261 e. The van der Waals surface area contributed by atoms with Gasteiger partial charge in [0.1, 0.15) is 6.04 Å². The van der Waals surface area contributed by atoms with Gasteiger partial charge in [-0.3, -0.25) is 24.1 Å². The van der Waals surface area contributed by atoms with E-state index in [0.29, 0.717) is 22.6 Å². The highest BCUT2D eigenvalue weighted by Gasteiger charge is 2.35. The number of amides is 4. The average molecular weight is 484 g/mol. The summed E-state index contributed by atoms with van der Waals surface area (Å²) < 4.78 is 0. The molecule has 8 heteroatoms. The predicted octanol–water partition coefficient (Wildman–Crippen LogP) is 4.05. The lowest BCUT2D eigenvalue weighted by Gasteiger charge is -2.30. The molecule has 1 heterocycles. The van der Waals surface area contributed by atoms with Gasteiger partial charge in [0.2, 0.25) is 11.8 Å². The van der Waals surface area contributed by atoms with Gasteiger partial charge in [-0.1, -0.05) is 48.9 Å². The maximum absolute atomic E-state index is 13.2. The molecular formula is C26H30ClN3O4. The van der Waals surface area contributed by atoms with E-state index in [1.807, 2.05) is 26.0 Å². The predicted molar refractivity (Wildman–Crippen MR) is 130 cm³/mol. The Kier molecular flexibility index (Phi) is 8.45. The van der Waals surface area contributed by atoms with Crippen molar-refractivity contribution in [1.82, 2.24) is 15.1 Å². The van der Waals surface area contributed by atoms with Gasteiger partial charge in [-0.2, -0.15) is 0 Å². The minimum Gasteiger partial charge on any atom is -0.352 e. The van der Waals surface area contributed by atoms with Crippen molar-refractivity contribution in [2.45, 2.75) is 58.7 Å². The topological polar surface area (TPSA) is 86.8 Å². The first kappa shape index (κ1) is 25.4. The van der Waals surface area contributed by atoms with E-state index in [1.54, 1.807) is 43.3 Å². The zero-order chi connectivity index (χ0) is 24.8. The summed E-state index contributed by atoms with van der Waals surface area (Å²) in [7, 11) is 0. The van der Waals surface area contributed by atoms with Crippen LogP contribution in [0.4, 0.5) is 0 Å². The first-order chi connectivity index (χ1) is 16.2. The van der Waals surface area contributed by atoms with Crippen molar-refractivity contribution in [2.24, 2.45) is 0 Å². The van der Waals surface area contributed by atoms with Gasteiger partial charge in [-0.15, -0.1) is 0 Å². The number of carbonyl (C=O) groups excluding carboxylic acids is 4. The van der Waals surface area contributed by atoms with Gasteiger partial charge < -0.3 is 10.2 Å². The van der Waals surface area contributed by atoms with Crippen LogP contribution in [0.2, 0.25) is 5.02 Å². The molecule has 1 aliphatic rings. The Labute approximate surface area is 205 Å². The molecule has 0 saturated heterocycles. The molecule has 0 unspecified atom stereocenters. The molecule has 1 N–H and O–H groups in total. The van der Waals surface area contributed by atoms with Crippen LogP contribution < -0.4 is 5.32 Å². The van der Waals surface area contributed by atoms with E-state index in [2.05, 4.69) is 5.32 Å². The van der Waals surface area contributed by atoms with Gasteiger partial charge in [0.15, 0.2) is 0 Å². The zero-order valence-electron chi connectivity index (χ0n) is 19.7. The molecule has 0 spiro atoms.